The summed E-state index contributed by atoms with van der Waals surface area (Å²) < 4.78 is 2.17. The summed E-state index contributed by atoms with van der Waals surface area (Å²) in [6.07, 6.45) is 12.1. The monoisotopic (exact) mass is 560 g/mol. The molecule has 1 unspecified atom stereocenters. The summed E-state index contributed by atoms with van der Waals surface area (Å²) in [4.78, 5) is 0. The Hall–Kier alpha value is -2.05. The van der Waals surface area contributed by atoms with Crippen LogP contribution in [-0.2, 0) is 30.7 Å². The number of allylic oxidation sites excluding steroid dienone is 4. The predicted molar refractivity (Wildman–Crippen MR) is 136 cm³/mol. The first-order valence-corrected chi connectivity index (χ1v) is 12.2. The van der Waals surface area contributed by atoms with Crippen molar-refractivity contribution in [2.75, 3.05) is 0 Å². The van der Waals surface area contributed by atoms with Crippen LogP contribution in [-0.4, -0.2) is 3.71 Å². The Bertz CT molecular complexity index is 1120. The molecule has 172 valence electrons. The normalized spacial score (nSPS) is 13.8. The quantitative estimate of drug-likeness (QED) is 0.334. The summed E-state index contributed by atoms with van der Waals surface area (Å²) >= 11 is 1.46. The number of benzene rings is 3. The van der Waals surface area contributed by atoms with E-state index >= 15 is 0 Å². The Labute approximate surface area is 232 Å². The average Bonchev–Trinajstić information content (AvgIpc) is 3.40. The summed E-state index contributed by atoms with van der Waals surface area (Å²) in [5.41, 5.74) is 10.2. The molecule has 2 aliphatic rings. The van der Waals surface area contributed by atoms with Gasteiger partial charge in [0.2, 0.25) is 0 Å². The zero-order chi connectivity index (χ0) is 22.9. The van der Waals surface area contributed by atoms with Crippen LogP contribution in [0.1, 0.15) is 41.7 Å². The second kappa shape index (κ2) is 15.1. The van der Waals surface area contributed by atoms with E-state index in [0.29, 0.717) is 5.92 Å². The molecular weight excluding hydrogens is 534 g/mol. The van der Waals surface area contributed by atoms with Gasteiger partial charge < -0.3 is 24.8 Å². The van der Waals surface area contributed by atoms with Crippen LogP contribution in [0.25, 0.3) is 23.3 Å². The minimum absolute atomic E-state index is 0. The first-order chi connectivity index (χ1) is 15.5. The third-order valence-electron chi connectivity index (χ3n) is 5.36. The van der Waals surface area contributed by atoms with Gasteiger partial charge in [-0.3, -0.25) is 6.08 Å². The topological polar surface area (TPSA) is 0 Å². The van der Waals surface area contributed by atoms with Crippen LogP contribution in [0, 0.1) is 18.1 Å². The fourth-order valence-corrected chi connectivity index (χ4v) is 4.14. The molecule has 0 heterocycles. The van der Waals surface area contributed by atoms with Crippen LogP contribution in [0.3, 0.4) is 0 Å². The summed E-state index contributed by atoms with van der Waals surface area (Å²) in [5.74, 6) is 0.556. The first kappa shape index (κ1) is 30.0. The summed E-state index contributed by atoms with van der Waals surface area (Å²) in [6, 6.07) is 24.4. The third kappa shape index (κ3) is 8.31. The molecule has 5 rings (SSSR count). The van der Waals surface area contributed by atoms with E-state index in [0.717, 1.165) is 12.0 Å². The molecule has 0 fully saturated rings. The van der Waals surface area contributed by atoms with E-state index in [2.05, 4.69) is 97.5 Å². The van der Waals surface area contributed by atoms with Crippen LogP contribution in [0.2, 0.25) is 0 Å². The van der Waals surface area contributed by atoms with Crippen molar-refractivity contribution in [1.29, 1.82) is 0 Å². The fraction of sp³-hybridized carbons (Fsp3) is 0.129. The van der Waals surface area contributed by atoms with E-state index in [1.54, 1.807) is 0 Å². The third-order valence-corrected chi connectivity index (χ3v) is 6.18. The maximum absolute atomic E-state index is 3.82. The van der Waals surface area contributed by atoms with E-state index in [-0.39, 0.29) is 24.8 Å². The molecule has 0 bridgehead atoms. The summed E-state index contributed by atoms with van der Waals surface area (Å²) in [7, 11) is 0. The molecule has 1 atom stereocenters. The predicted octanol–water partition coefficient (Wildman–Crippen LogP) is 1.68. The van der Waals surface area contributed by atoms with Gasteiger partial charge in [0, 0.05) is 0 Å². The van der Waals surface area contributed by atoms with Crippen LogP contribution in [0.15, 0.2) is 91.5 Å². The van der Waals surface area contributed by atoms with E-state index in [1.165, 1.54) is 63.2 Å². The van der Waals surface area contributed by atoms with Crippen molar-refractivity contribution in [2.24, 2.45) is 5.92 Å². The van der Waals surface area contributed by atoms with Crippen molar-refractivity contribution in [3.8, 4) is 11.1 Å². The number of hydrogen-bond donors (Lipinski definition) is 0. The number of rotatable bonds is 3. The minimum atomic E-state index is 0. The molecule has 3 aromatic carbocycles. The van der Waals surface area contributed by atoms with Gasteiger partial charge in [-0.15, -0.1) is 30.7 Å². The van der Waals surface area contributed by atoms with Crippen molar-refractivity contribution in [3.63, 3.8) is 0 Å². The van der Waals surface area contributed by atoms with Crippen molar-refractivity contribution in [2.45, 2.75) is 20.3 Å². The average molecular weight is 563 g/mol. The van der Waals surface area contributed by atoms with E-state index in [9.17, 15) is 0 Å². The van der Waals surface area contributed by atoms with Gasteiger partial charge >= 0.3 is 63.8 Å². The molecule has 3 heteroatoms. The van der Waals surface area contributed by atoms with Crippen molar-refractivity contribution < 1.29 is 49.0 Å². The Morgan fingerprint density at radius 2 is 1.59 bits per heavy atom. The van der Waals surface area contributed by atoms with Crippen molar-refractivity contribution in [3.05, 3.63) is 132 Å². The molecule has 0 saturated carbocycles. The van der Waals surface area contributed by atoms with Gasteiger partial charge in [-0.2, -0.15) is 29.8 Å². The van der Waals surface area contributed by atoms with Gasteiger partial charge in [0.1, 0.15) is 0 Å². The second-order valence-corrected chi connectivity index (χ2v) is 8.60. The molecule has 0 saturated heterocycles. The molecule has 0 N–H and O–H groups in total. The molecule has 3 aromatic rings. The Balaban J connectivity index is 0.000000286. The maximum atomic E-state index is 3.82. The van der Waals surface area contributed by atoms with Gasteiger partial charge in [-0.25, -0.2) is 11.6 Å². The molecule has 34 heavy (non-hydrogen) atoms. The van der Waals surface area contributed by atoms with Crippen LogP contribution in [0.4, 0.5) is 0 Å². The van der Waals surface area contributed by atoms with Gasteiger partial charge in [-0.05, 0) is 12.0 Å². The molecule has 0 nitrogen and oxygen atoms in total. The summed E-state index contributed by atoms with van der Waals surface area (Å²) in [6.45, 7) is 11.9. The molecular formula is C31H28Cl2Zr-2. The zero-order valence-electron chi connectivity index (χ0n) is 19.6. The first-order valence-electron chi connectivity index (χ1n) is 10.8. The van der Waals surface area contributed by atoms with E-state index < -0.39 is 0 Å². The van der Waals surface area contributed by atoms with Crippen LogP contribution >= 0.6 is 0 Å². The van der Waals surface area contributed by atoms with Crippen molar-refractivity contribution in [1.82, 2.24) is 0 Å². The molecule has 0 aliphatic heterocycles. The summed E-state index contributed by atoms with van der Waals surface area (Å²) in [5, 5.41) is 0. The standard InChI is InChI=1S/C17H13.C7H9.C7H6.2ClH.Zr/c1-3-12-5-7-14-11-15-8-6-13(4-2)10-17(15)16(14)9-12;1-6-3-4-7(2)5-6;1-7-5-3-2-4-6-7;;;/h3-7,9-10H,1-2,11H2;3,5,7H,1-2H3;1-6H;2*1H;/q2*-1;;;;+2/p-2. The van der Waals surface area contributed by atoms with Crippen LogP contribution < -0.4 is 24.8 Å². The number of fused-ring (bicyclic) bond motifs is 3. The SMILES string of the molecule is C=Cc1c[c-]c2c(c1)-c1cc(C=C)ccc1C2.CC1=CC(C)[C-]=C1.[Cl-].[Cl-].[Zr+2]=[CH]c1ccccc1. The van der Waals surface area contributed by atoms with Gasteiger partial charge in [-0.1, -0.05) is 54.8 Å². The van der Waals surface area contributed by atoms with Crippen LogP contribution in [0.5, 0.6) is 0 Å². The Morgan fingerprint density at radius 1 is 0.912 bits per heavy atom. The van der Waals surface area contributed by atoms with Gasteiger partial charge in [0.05, 0.1) is 0 Å². The molecule has 0 aromatic heterocycles. The number of halogens is 2. The van der Waals surface area contributed by atoms with Gasteiger partial charge in [0.15, 0.2) is 0 Å². The molecule has 0 amide bonds. The molecule has 0 spiro atoms. The molecule has 2 aliphatic carbocycles. The second-order valence-electron chi connectivity index (χ2n) is 7.89. The Kier molecular flexibility index (Phi) is 13.3. The fourth-order valence-electron chi connectivity index (χ4n) is 3.67. The van der Waals surface area contributed by atoms with Crippen molar-refractivity contribution >= 4 is 15.9 Å². The molecule has 0 radical (unpaired) electrons. The van der Waals surface area contributed by atoms with Gasteiger partial charge in [0.25, 0.3) is 0 Å². The van der Waals surface area contributed by atoms with E-state index in [4.69, 9.17) is 0 Å². The zero-order valence-corrected chi connectivity index (χ0v) is 23.6. The Morgan fingerprint density at radius 3 is 2.09 bits per heavy atom. The van der Waals surface area contributed by atoms with E-state index in [1.807, 2.05) is 30.4 Å². The number of hydrogen-bond acceptors (Lipinski definition) is 0.